The molecule has 1 nitrogen and oxygen atoms in total. The van der Waals surface area contributed by atoms with Crippen LogP contribution in [0.1, 0.15) is 33.3 Å². The molecule has 2 heteroatoms. The van der Waals surface area contributed by atoms with E-state index in [1.807, 2.05) is 13.8 Å². The van der Waals surface area contributed by atoms with Crippen molar-refractivity contribution in [1.82, 2.24) is 0 Å². The number of phenolic OH excluding ortho intramolecular Hbond substituents is 1. The van der Waals surface area contributed by atoms with Gasteiger partial charge < -0.3 is 5.11 Å². The van der Waals surface area contributed by atoms with Gasteiger partial charge in [0.15, 0.2) is 0 Å². The first-order valence-corrected chi connectivity index (χ1v) is 5.07. The van der Waals surface area contributed by atoms with Crippen LogP contribution in [-0.2, 0) is 6.42 Å². The number of hydrogen-bond acceptors (Lipinski definition) is 1. The van der Waals surface area contributed by atoms with Crippen molar-refractivity contribution in [2.24, 2.45) is 5.92 Å². The Bertz CT molecular complexity index is 269. The fraction of sp³-hybridized carbons (Fsp3) is 0.500. The van der Waals surface area contributed by atoms with E-state index in [9.17, 15) is 9.50 Å². The van der Waals surface area contributed by atoms with Crippen LogP contribution in [0.25, 0.3) is 0 Å². The Morgan fingerprint density at radius 3 is 2.29 bits per heavy atom. The number of halogens is 1. The summed E-state index contributed by atoms with van der Waals surface area (Å²) in [6.45, 7) is 8.12. The first-order valence-electron chi connectivity index (χ1n) is 5.07. The summed E-state index contributed by atoms with van der Waals surface area (Å²) >= 11 is 0. The second kappa shape index (κ2) is 6.41. The van der Waals surface area contributed by atoms with Gasteiger partial charge in [0.25, 0.3) is 0 Å². The first-order chi connectivity index (χ1) is 6.59. The number of rotatable bonds is 2. The molecule has 0 aliphatic heterocycles. The van der Waals surface area contributed by atoms with Gasteiger partial charge in [0.2, 0.25) is 0 Å². The molecule has 0 bridgehead atoms. The lowest BCUT2D eigenvalue weighted by Gasteiger charge is -2.06. The number of phenols is 1. The van der Waals surface area contributed by atoms with Crippen molar-refractivity contribution in [2.45, 2.75) is 34.1 Å². The molecular weight excluding hydrogens is 179 g/mol. The van der Waals surface area contributed by atoms with Crippen molar-refractivity contribution < 1.29 is 9.50 Å². The minimum absolute atomic E-state index is 0.0590. The lowest BCUT2D eigenvalue weighted by atomic mass is 10.0. The molecule has 0 atom stereocenters. The zero-order valence-electron chi connectivity index (χ0n) is 9.34. The summed E-state index contributed by atoms with van der Waals surface area (Å²) in [5, 5.41) is 9.30. The third-order valence-corrected chi connectivity index (χ3v) is 1.68. The normalized spacial score (nSPS) is 9.57. The highest BCUT2D eigenvalue weighted by molar-refractivity contribution is 5.32. The minimum Gasteiger partial charge on any atom is -0.508 e. The predicted molar refractivity (Wildman–Crippen MR) is 58.0 cm³/mol. The van der Waals surface area contributed by atoms with E-state index >= 15 is 0 Å². The summed E-state index contributed by atoms with van der Waals surface area (Å²) in [4.78, 5) is 0. The third-order valence-electron chi connectivity index (χ3n) is 1.68. The Morgan fingerprint density at radius 2 is 1.86 bits per heavy atom. The molecule has 0 unspecified atom stereocenters. The molecule has 1 rings (SSSR count). The standard InChI is InChI=1S/C10H13FO.C2H6/c1-7(2)5-8-3-4-9(11)6-10(8)12;1-2/h3-4,6-7,12H,5H2,1-2H3;1-2H3. The van der Waals surface area contributed by atoms with Crippen molar-refractivity contribution in [3.05, 3.63) is 29.6 Å². The van der Waals surface area contributed by atoms with Crippen molar-refractivity contribution >= 4 is 0 Å². The molecule has 1 N–H and O–H groups in total. The van der Waals surface area contributed by atoms with Gasteiger partial charge in [-0.05, 0) is 24.0 Å². The van der Waals surface area contributed by atoms with E-state index in [1.54, 1.807) is 6.07 Å². The minimum atomic E-state index is -0.389. The third kappa shape index (κ3) is 4.26. The summed E-state index contributed by atoms with van der Waals surface area (Å²) in [7, 11) is 0. The highest BCUT2D eigenvalue weighted by atomic mass is 19.1. The highest BCUT2D eigenvalue weighted by Gasteiger charge is 2.04. The summed E-state index contributed by atoms with van der Waals surface area (Å²) in [5.74, 6) is 0.144. The molecule has 14 heavy (non-hydrogen) atoms. The number of hydrogen-bond donors (Lipinski definition) is 1. The molecule has 0 fully saturated rings. The quantitative estimate of drug-likeness (QED) is 0.767. The van der Waals surface area contributed by atoms with Crippen molar-refractivity contribution in [3.63, 3.8) is 0 Å². The predicted octanol–water partition coefficient (Wildman–Crippen LogP) is 3.76. The Hall–Kier alpha value is -1.05. The van der Waals surface area contributed by atoms with Crippen LogP contribution in [0.2, 0.25) is 0 Å². The van der Waals surface area contributed by atoms with Crippen LogP contribution in [0.5, 0.6) is 5.75 Å². The molecule has 80 valence electrons. The molecule has 0 amide bonds. The average Bonchev–Trinajstić information content (AvgIpc) is 2.13. The van der Waals surface area contributed by atoms with Crippen LogP contribution in [0.4, 0.5) is 4.39 Å². The second-order valence-electron chi connectivity index (χ2n) is 3.37. The van der Waals surface area contributed by atoms with E-state index in [1.165, 1.54) is 6.07 Å². The van der Waals surface area contributed by atoms with E-state index in [2.05, 4.69) is 13.8 Å². The molecule has 0 aromatic heterocycles. The van der Waals surface area contributed by atoms with E-state index in [0.29, 0.717) is 5.92 Å². The Balaban J connectivity index is 0.000000791. The maximum absolute atomic E-state index is 12.5. The van der Waals surface area contributed by atoms with Crippen molar-refractivity contribution in [2.75, 3.05) is 0 Å². The molecule has 0 heterocycles. The molecule has 0 aliphatic rings. The molecule has 0 aliphatic carbocycles. The molecule has 0 saturated heterocycles. The maximum atomic E-state index is 12.5. The van der Waals surface area contributed by atoms with Gasteiger partial charge in [0.1, 0.15) is 11.6 Å². The first kappa shape index (κ1) is 12.9. The van der Waals surface area contributed by atoms with Gasteiger partial charge in [0, 0.05) is 6.07 Å². The van der Waals surface area contributed by atoms with Gasteiger partial charge in [-0.25, -0.2) is 4.39 Å². The van der Waals surface area contributed by atoms with Crippen LogP contribution < -0.4 is 0 Å². The fourth-order valence-corrected chi connectivity index (χ4v) is 1.15. The Kier molecular flexibility index (Phi) is 5.93. The molecule has 0 saturated carbocycles. The monoisotopic (exact) mass is 198 g/mol. The summed E-state index contributed by atoms with van der Waals surface area (Å²) in [6.07, 6.45) is 0.784. The molecule has 0 radical (unpaired) electrons. The SMILES string of the molecule is CC.CC(C)Cc1ccc(F)cc1O. The van der Waals surface area contributed by atoms with Gasteiger partial charge in [-0.3, -0.25) is 0 Å². The van der Waals surface area contributed by atoms with Crippen LogP contribution in [0.15, 0.2) is 18.2 Å². The van der Waals surface area contributed by atoms with Crippen molar-refractivity contribution in [1.29, 1.82) is 0 Å². The summed E-state index contributed by atoms with van der Waals surface area (Å²) in [6, 6.07) is 4.15. The number of benzene rings is 1. The summed E-state index contributed by atoms with van der Waals surface area (Å²) < 4.78 is 12.5. The number of aromatic hydroxyl groups is 1. The van der Waals surface area contributed by atoms with E-state index < -0.39 is 0 Å². The highest BCUT2D eigenvalue weighted by Crippen LogP contribution is 2.20. The van der Waals surface area contributed by atoms with E-state index in [4.69, 9.17) is 0 Å². The van der Waals surface area contributed by atoms with Gasteiger partial charge in [-0.2, -0.15) is 0 Å². The Morgan fingerprint density at radius 1 is 1.29 bits per heavy atom. The van der Waals surface area contributed by atoms with Crippen LogP contribution in [0, 0.1) is 11.7 Å². The van der Waals surface area contributed by atoms with Gasteiger partial charge in [0.05, 0.1) is 0 Å². The van der Waals surface area contributed by atoms with Gasteiger partial charge in [-0.1, -0.05) is 33.8 Å². The zero-order valence-corrected chi connectivity index (χ0v) is 9.34. The summed E-state index contributed by atoms with van der Waals surface area (Å²) in [5.41, 5.74) is 0.811. The van der Waals surface area contributed by atoms with Crippen LogP contribution in [0.3, 0.4) is 0 Å². The average molecular weight is 198 g/mol. The largest absolute Gasteiger partial charge is 0.508 e. The second-order valence-corrected chi connectivity index (χ2v) is 3.37. The smallest absolute Gasteiger partial charge is 0.126 e. The lowest BCUT2D eigenvalue weighted by Crippen LogP contribution is -1.94. The van der Waals surface area contributed by atoms with Gasteiger partial charge >= 0.3 is 0 Å². The topological polar surface area (TPSA) is 20.2 Å². The molecule has 1 aromatic rings. The zero-order chi connectivity index (χ0) is 11.1. The van der Waals surface area contributed by atoms with Crippen molar-refractivity contribution in [3.8, 4) is 5.75 Å². The molecule has 1 aromatic carbocycles. The molecular formula is C12H19FO. The van der Waals surface area contributed by atoms with E-state index in [0.717, 1.165) is 18.1 Å². The van der Waals surface area contributed by atoms with Crippen LogP contribution >= 0.6 is 0 Å². The Labute approximate surface area is 85.6 Å². The molecule has 0 spiro atoms. The van der Waals surface area contributed by atoms with Gasteiger partial charge in [-0.15, -0.1) is 0 Å². The van der Waals surface area contributed by atoms with E-state index in [-0.39, 0.29) is 11.6 Å². The van der Waals surface area contributed by atoms with Crippen LogP contribution in [-0.4, -0.2) is 5.11 Å². The lowest BCUT2D eigenvalue weighted by molar-refractivity contribution is 0.456. The maximum Gasteiger partial charge on any atom is 0.126 e. The fourth-order valence-electron chi connectivity index (χ4n) is 1.15.